The van der Waals surface area contributed by atoms with Gasteiger partial charge in [-0.2, -0.15) is 4.98 Å². The number of amides is 1. The van der Waals surface area contributed by atoms with Crippen molar-refractivity contribution in [3.05, 3.63) is 46.6 Å². The number of imidazole rings is 1. The maximum absolute atomic E-state index is 12.4. The second-order valence-corrected chi connectivity index (χ2v) is 8.57. The monoisotopic (exact) mass is 496 g/mol. The zero-order valence-electron chi connectivity index (χ0n) is 17.4. The number of aromatic nitrogens is 7. The number of pyridine rings is 1. The molecular formula is C21H21BrN8O2. The van der Waals surface area contributed by atoms with Crippen molar-refractivity contribution in [2.24, 2.45) is 13.0 Å². The number of fused-ring (bicyclic) bond motifs is 1. The van der Waals surface area contributed by atoms with Gasteiger partial charge >= 0.3 is 6.01 Å². The van der Waals surface area contributed by atoms with Crippen LogP contribution in [0.4, 0.5) is 5.82 Å². The van der Waals surface area contributed by atoms with Crippen molar-refractivity contribution in [1.82, 2.24) is 34.7 Å². The van der Waals surface area contributed by atoms with Crippen molar-refractivity contribution in [3.63, 3.8) is 0 Å². The molecule has 0 saturated heterocycles. The molecule has 164 valence electrons. The maximum Gasteiger partial charge on any atom is 0.305 e. The van der Waals surface area contributed by atoms with E-state index in [1.165, 1.54) is 0 Å². The molecule has 1 N–H and O–H groups in total. The molecule has 1 saturated carbocycles. The number of nitrogens with zero attached hydrogens (tertiary/aromatic N) is 7. The number of hydrogen-bond donors (Lipinski definition) is 1. The van der Waals surface area contributed by atoms with Crippen molar-refractivity contribution in [2.45, 2.75) is 32.3 Å². The molecule has 32 heavy (non-hydrogen) atoms. The van der Waals surface area contributed by atoms with Gasteiger partial charge in [0.1, 0.15) is 17.9 Å². The highest BCUT2D eigenvalue weighted by Crippen LogP contribution is 2.30. The van der Waals surface area contributed by atoms with Crippen LogP contribution in [-0.2, 0) is 18.4 Å². The lowest BCUT2D eigenvalue weighted by atomic mass is 10.1. The first-order valence-electron chi connectivity index (χ1n) is 10.4. The lowest BCUT2D eigenvalue weighted by molar-refractivity contribution is -0.119. The van der Waals surface area contributed by atoms with E-state index in [1.54, 1.807) is 22.4 Å². The summed E-state index contributed by atoms with van der Waals surface area (Å²) in [4.78, 5) is 21.6. The van der Waals surface area contributed by atoms with Crippen LogP contribution in [0, 0.1) is 5.92 Å². The van der Waals surface area contributed by atoms with Crippen molar-refractivity contribution in [2.75, 3.05) is 5.32 Å². The Morgan fingerprint density at radius 2 is 2.00 bits per heavy atom. The van der Waals surface area contributed by atoms with Crippen LogP contribution in [0.15, 0.2) is 40.9 Å². The Morgan fingerprint density at radius 1 is 1.19 bits per heavy atom. The van der Waals surface area contributed by atoms with Crippen LogP contribution >= 0.6 is 15.9 Å². The highest BCUT2D eigenvalue weighted by molar-refractivity contribution is 9.10. The Labute approximate surface area is 192 Å². The van der Waals surface area contributed by atoms with E-state index in [4.69, 9.17) is 4.74 Å². The minimum atomic E-state index is 0.0366. The average Bonchev–Trinajstić information content (AvgIpc) is 3.53. The summed E-state index contributed by atoms with van der Waals surface area (Å²) in [5.41, 5.74) is 2.21. The summed E-state index contributed by atoms with van der Waals surface area (Å²) < 4.78 is 10.2. The first kappa shape index (κ1) is 20.6. The summed E-state index contributed by atoms with van der Waals surface area (Å²) in [6.45, 7) is 0.166. The van der Waals surface area contributed by atoms with Gasteiger partial charge in [-0.25, -0.2) is 14.2 Å². The molecule has 4 aromatic rings. The summed E-state index contributed by atoms with van der Waals surface area (Å²) in [6, 6.07) is 11.6. The van der Waals surface area contributed by atoms with Crippen LogP contribution in [0.25, 0.3) is 17.0 Å². The second kappa shape index (κ2) is 8.65. The van der Waals surface area contributed by atoms with E-state index in [2.05, 4.69) is 46.7 Å². The van der Waals surface area contributed by atoms with Crippen molar-refractivity contribution in [1.29, 1.82) is 0 Å². The standard InChI is InChI=1S/C21H21BrN8O2/c1-29-20(26-27-28-29)30-16-10-5-9-15(22)18(16)25-21(30)32-12-14-8-4-11-17(23-14)24-19(31)13-6-2-3-7-13/h4-5,8-11,13H,2-3,6-7,12H2,1H3,(H,23,24,31). The van der Waals surface area contributed by atoms with Gasteiger partial charge in [0.2, 0.25) is 5.91 Å². The fourth-order valence-electron chi connectivity index (χ4n) is 3.93. The van der Waals surface area contributed by atoms with E-state index in [0.29, 0.717) is 23.5 Å². The third-order valence-electron chi connectivity index (χ3n) is 5.54. The molecule has 1 amide bonds. The minimum Gasteiger partial charge on any atom is -0.458 e. The van der Waals surface area contributed by atoms with Crippen LogP contribution < -0.4 is 10.1 Å². The number of aryl methyl sites for hydroxylation is 1. The molecule has 1 aromatic carbocycles. The number of nitrogens with one attached hydrogen (secondary N) is 1. The number of hydrogen-bond acceptors (Lipinski definition) is 7. The Bertz CT molecular complexity index is 1280. The van der Waals surface area contributed by atoms with Gasteiger partial charge in [-0.3, -0.25) is 4.79 Å². The summed E-state index contributed by atoms with van der Waals surface area (Å²) in [5, 5.41) is 14.7. The Hall–Kier alpha value is -3.34. The van der Waals surface area contributed by atoms with Crippen LogP contribution in [0.5, 0.6) is 6.01 Å². The van der Waals surface area contributed by atoms with Crippen molar-refractivity contribution in [3.8, 4) is 12.0 Å². The Balaban J connectivity index is 1.39. The maximum atomic E-state index is 12.4. The molecule has 0 radical (unpaired) electrons. The predicted octanol–water partition coefficient (Wildman–Crippen LogP) is 3.41. The van der Waals surface area contributed by atoms with E-state index >= 15 is 0 Å². The fraction of sp³-hybridized carbons (Fsp3) is 0.333. The summed E-state index contributed by atoms with van der Waals surface area (Å²) >= 11 is 3.54. The SMILES string of the molecule is Cn1nnnc1-n1c(OCc2cccc(NC(=O)C3CCCC3)n2)nc2c(Br)cccc21. The van der Waals surface area contributed by atoms with Gasteiger partial charge in [-0.15, -0.1) is 0 Å². The van der Waals surface area contributed by atoms with Gasteiger partial charge in [0, 0.05) is 17.4 Å². The zero-order chi connectivity index (χ0) is 22.1. The van der Waals surface area contributed by atoms with E-state index in [9.17, 15) is 4.79 Å². The summed E-state index contributed by atoms with van der Waals surface area (Å²) in [7, 11) is 1.75. The molecule has 10 nitrogen and oxygen atoms in total. The summed E-state index contributed by atoms with van der Waals surface area (Å²) in [5.74, 6) is 1.12. The average molecular weight is 497 g/mol. The highest BCUT2D eigenvalue weighted by Gasteiger charge is 2.23. The number of benzene rings is 1. The number of para-hydroxylation sites is 1. The Kier molecular flexibility index (Phi) is 5.56. The number of carbonyl (C=O) groups is 1. The molecule has 0 aliphatic heterocycles. The third-order valence-corrected chi connectivity index (χ3v) is 6.18. The van der Waals surface area contributed by atoms with Crippen molar-refractivity contribution >= 4 is 38.7 Å². The molecule has 1 aliphatic rings. The van der Waals surface area contributed by atoms with Crippen molar-refractivity contribution < 1.29 is 9.53 Å². The Morgan fingerprint density at radius 3 is 2.78 bits per heavy atom. The van der Waals surface area contributed by atoms with Crippen LogP contribution in [0.1, 0.15) is 31.4 Å². The van der Waals surface area contributed by atoms with E-state index in [-0.39, 0.29) is 18.4 Å². The minimum absolute atomic E-state index is 0.0366. The molecule has 0 bridgehead atoms. The third kappa shape index (κ3) is 3.95. The molecule has 11 heteroatoms. The molecule has 3 heterocycles. The van der Waals surface area contributed by atoms with E-state index < -0.39 is 0 Å². The first-order chi connectivity index (χ1) is 15.6. The predicted molar refractivity (Wildman–Crippen MR) is 120 cm³/mol. The van der Waals surface area contributed by atoms with E-state index in [1.807, 2.05) is 30.3 Å². The molecule has 0 unspecified atom stereocenters. The van der Waals surface area contributed by atoms with Gasteiger partial charge in [0.25, 0.3) is 5.95 Å². The first-order valence-corrected chi connectivity index (χ1v) is 11.2. The topological polar surface area (TPSA) is 113 Å². The molecule has 0 spiro atoms. The van der Waals surface area contributed by atoms with Crippen LogP contribution in [0.3, 0.4) is 0 Å². The van der Waals surface area contributed by atoms with Crippen LogP contribution in [0.2, 0.25) is 0 Å². The quantitative estimate of drug-likeness (QED) is 0.435. The molecule has 0 atom stereocenters. The molecule has 3 aromatic heterocycles. The number of tetrazole rings is 1. The van der Waals surface area contributed by atoms with Gasteiger partial charge in [-0.05, 0) is 63.5 Å². The lowest BCUT2D eigenvalue weighted by Gasteiger charge is -2.11. The number of anilines is 1. The largest absolute Gasteiger partial charge is 0.458 e. The number of halogens is 1. The summed E-state index contributed by atoms with van der Waals surface area (Å²) in [6.07, 6.45) is 4.10. The lowest BCUT2D eigenvalue weighted by Crippen LogP contribution is -2.21. The molecule has 1 fully saturated rings. The highest BCUT2D eigenvalue weighted by atomic mass is 79.9. The van der Waals surface area contributed by atoms with E-state index in [0.717, 1.165) is 41.2 Å². The smallest absolute Gasteiger partial charge is 0.305 e. The van der Waals surface area contributed by atoms with Gasteiger partial charge < -0.3 is 10.1 Å². The fourth-order valence-corrected chi connectivity index (χ4v) is 4.38. The number of rotatable bonds is 6. The van der Waals surface area contributed by atoms with Gasteiger partial charge in [0.15, 0.2) is 0 Å². The second-order valence-electron chi connectivity index (χ2n) is 7.71. The molecular weight excluding hydrogens is 476 g/mol. The molecule has 5 rings (SSSR count). The normalized spacial score (nSPS) is 14.2. The number of carbonyl (C=O) groups excluding carboxylic acids is 1. The zero-order valence-corrected chi connectivity index (χ0v) is 19.0. The van der Waals surface area contributed by atoms with Gasteiger partial charge in [0.05, 0.1) is 11.2 Å². The van der Waals surface area contributed by atoms with Crippen LogP contribution in [-0.4, -0.2) is 40.6 Å². The van der Waals surface area contributed by atoms with Gasteiger partial charge in [-0.1, -0.05) is 30.1 Å². The molecule has 1 aliphatic carbocycles. The number of ether oxygens (including phenoxy) is 1.